The van der Waals surface area contributed by atoms with Crippen LogP contribution in [0.1, 0.15) is 36.1 Å². The molecule has 156 valence electrons. The first-order valence-electron chi connectivity index (χ1n) is 9.76. The third-order valence-corrected chi connectivity index (χ3v) is 5.76. The standard InChI is InChI=1S/C23H29ClN2O2S/c1-5-25-23(28)18(4)26(13-19-7-6-8-21(24)12-19)22(27)15-29-14-20-10-16(2)9-17(3)11-20/h6-12,18H,5,13-15H2,1-4H3,(H,25,28)/t18-/m0/s1. The van der Waals surface area contributed by atoms with E-state index in [1.54, 1.807) is 29.7 Å². The Balaban J connectivity index is 2.07. The summed E-state index contributed by atoms with van der Waals surface area (Å²) in [6.07, 6.45) is 0. The summed E-state index contributed by atoms with van der Waals surface area (Å²) in [5.41, 5.74) is 4.55. The van der Waals surface area contributed by atoms with E-state index in [9.17, 15) is 9.59 Å². The van der Waals surface area contributed by atoms with Gasteiger partial charge in [0.1, 0.15) is 6.04 Å². The second-order valence-corrected chi connectivity index (χ2v) is 8.63. The predicted molar refractivity (Wildman–Crippen MR) is 122 cm³/mol. The van der Waals surface area contributed by atoms with Crippen LogP contribution in [0.2, 0.25) is 5.02 Å². The number of hydrogen-bond acceptors (Lipinski definition) is 3. The van der Waals surface area contributed by atoms with E-state index in [4.69, 9.17) is 11.6 Å². The van der Waals surface area contributed by atoms with E-state index in [0.29, 0.717) is 23.9 Å². The molecule has 1 atom stereocenters. The van der Waals surface area contributed by atoms with Crippen molar-refractivity contribution in [2.75, 3.05) is 12.3 Å². The minimum Gasteiger partial charge on any atom is -0.355 e. The average Bonchev–Trinajstić information content (AvgIpc) is 2.65. The number of benzene rings is 2. The molecule has 0 radical (unpaired) electrons. The third-order valence-electron chi connectivity index (χ3n) is 4.54. The van der Waals surface area contributed by atoms with E-state index in [1.165, 1.54) is 16.7 Å². The summed E-state index contributed by atoms with van der Waals surface area (Å²) in [5.74, 6) is 0.867. The minimum atomic E-state index is -0.553. The van der Waals surface area contributed by atoms with Crippen LogP contribution in [0.15, 0.2) is 42.5 Å². The van der Waals surface area contributed by atoms with Gasteiger partial charge < -0.3 is 10.2 Å². The number of carbonyl (C=O) groups is 2. The summed E-state index contributed by atoms with van der Waals surface area (Å²) in [6, 6.07) is 13.3. The van der Waals surface area contributed by atoms with Crippen molar-refractivity contribution < 1.29 is 9.59 Å². The molecule has 4 nitrogen and oxygen atoms in total. The van der Waals surface area contributed by atoms with Crippen molar-refractivity contribution in [1.29, 1.82) is 0 Å². The molecule has 0 saturated heterocycles. The smallest absolute Gasteiger partial charge is 0.242 e. The SMILES string of the molecule is CCNC(=O)[C@H](C)N(Cc1cccc(Cl)c1)C(=O)CSCc1cc(C)cc(C)c1. The molecule has 6 heteroatoms. The van der Waals surface area contributed by atoms with Crippen LogP contribution in [-0.2, 0) is 21.9 Å². The molecule has 2 rings (SSSR count). The zero-order chi connectivity index (χ0) is 21.4. The summed E-state index contributed by atoms with van der Waals surface area (Å²) < 4.78 is 0. The minimum absolute atomic E-state index is 0.0573. The molecule has 0 aliphatic heterocycles. The van der Waals surface area contributed by atoms with Gasteiger partial charge in [0.05, 0.1) is 5.75 Å². The van der Waals surface area contributed by atoms with Crippen LogP contribution in [0.3, 0.4) is 0 Å². The summed E-state index contributed by atoms with van der Waals surface area (Å²) >= 11 is 7.66. The lowest BCUT2D eigenvalue weighted by Gasteiger charge is -2.28. The molecule has 1 N–H and O–H groups in total. The quantitative estimate of drug-likeness (QED) is 0.622. The zero-order valence-corrected chi connectivity index (χ0v) is 19.1. The Morgan fingerprint density at radius 3 is 2.41 bits per heavy atom. The highest BCUT2D eigenvalue weighted by Gasteiger charge is 2.25. The van der Waals surface area contributed by atoms with Crippen LogP contribution in [0.25, 0.3) is 0 Å². The van der Waals surface area contributed by atoms with Gasteiger partial charge in [-0.3, -0.25) is 9.59 Å². The Bertz CT molecular complexity index is 836. The van der Waals surface area contributed by atoms with Crippen molar-refractivity contribution in [3.8, 4) is 0 Å². The molecule has 29 heavy (non-hydrogen) atoms. The van der Waals surface area contributed by atoms with Crippen LogP contribution in [0.4, 0.5) is 0 Å². The molecule has 0 fully saturated rings. The second-order valence-electron chi connectivity index (χ2n) is 7.21. The summed E-state index contributed by atoms with van der Waals surface area (Å²) in [5, 5.41) is 3.42. The largest absolute Gasteiger partial charge is 0.355 e. The number of nitrogens with zero attached hydrogens (tertiary/aromatic N) is 1. The molecular weight excluding hydrogens is 404 g/mol. The Hall–Kier alpha value is -1.98. The van der Waals surface area contributed by atoms with Gasteiger partial charge in [-0.05, 0) is 51.0 Å². The van der Waals surface area contributed by atoms with Gasteiger partial charge in [0.15, 0.2) is 0 Å². The van der Waals surface area contributed by atoms with Gasteiger partial charge in [-0.15, -0.1) is 11.8 Å². The number of thioether (sulfide) groups is 1. The number of nitrogens with one attached hydrogen (secondary N) is 1. The maximum Gasteiger partial charge on any atom is 0.242 e. The molecule has 2 amide bonds. The molecule has 0 bridgehead atoms. The second kappa shape index (κ2) is 11.3. The Morgan fingerprint density at radius 2 is 1.79 bits per heavy atom. The molecule has 0 aliphatic rings. The van der Waals surface area contributed by atoms with Gasteiger partial charge >= 0.3 is 0 Å². The fourth-order valence-corrected chi connectivity index (χ4v) is 4.29. The lowest BCUT2D eigenvalue weighted by atomic mass is 10.1. The van der Waals surface area contributed by atoms with Crippen molar-refractivity contribution in [2.24, 2.45) is 0 Å². The molecule has 0 aromatic heterocycles. The van der Waals surface area contributed by atoms with Crippen LogP contribution in [0.5, 0.6) is 0 Å². The number of rotatable bonds is 9. The summed E-state index contributed by atoms with van der Waals surface area (Å²) in [7, 11) is 0. The monoisotopic (exact) mass is 432 g/mol. The zero-order valence-electron chi connectivity index (χ0n) is 17.5. The van der Waals surface area contributed by atoms with E-state index < -0.39 is 6.04 Å². The molecule has 0 heterocycles. The third kappa shape index (κ3) is 7.41. The van der Waals surface area contributed by atoms with E-state index in [2.05, 4.69) is 37.4 Å². The van der Waals surface area contributed by atoms with Gasteiger partial charge in [-0.2, -0.15) is 0 Å². The first-order valence-corrected chi connectivity index (χ1v) is 11.3. The Kier molecular flexibility index (Phi) is 9.05. The van der Waals surface area contributed by atoms with E-state index >= 15 is 0 Å². The maximum atomic E-state index is 13.0. The molecular formula is C23H29ClN2O2S. The number of hydrogen-bond donors (Lipinski definition) is 1. The highest BCUT2D eigenvalue weighted by Crippen LogP contribution is 2.19. The van der Waals surface area contributed by atoms with Crippen LogP contribution in [-0.4, -0.2) is 35.1 Å². The molecule has 0 spiro atoms. The first kappa shape index (κ1) is 23.3. The number of likely N-dealkylation sites (N-methyl/N-ethyl adjacent to an activating group) is 1. The fraction of sp³-hybridized carbons (Fsp3) is 0.391. The molecule has 0 saturated carbocycles. The predicted octanol–water partition coefficient (Wildman–Crippen LogP) is 4.74. The van der Waals surface area contributed by atoms with Gasteiger partial charge in [0.2, 0.25) is 11.8 Å². The van der Waals surface area contributed by atoms with E-state index in [1.807, 2.05) is 25.1 Å². The van der Waals surface area contributed by atoms with Crippen LogP contribution in [0, 0.1) is 13.8 Å². The van der Waals surface area contributed by atoms with Crippen molar-refractivity contribution in [3.05, 3.63) is 69.7 Å². The van der Waals surface area contributed by atoms with Crippen LogP contribution >= 0.6 is 23.4 Å². The van der Waals surface area contributed by atoms with Gasteiger partial charge in [0, 0.05) is 23.9 Å². The number of amides is 2. The summed E-state index contributed by atoms with van der Waals surface area (Å²) in [4.78, 5) is 27.0. The van der Waals surface area contributed by atoms with Crippen LogP contribution < -0.4 is 5.32 Å². The first-order chi connectivity index (χ1) is 13.8. The number of aryl methyl sites for hydroxylation is 2. The highest BCUT2D eigenvalue weighted by molar-refractivity contribution is 7.99. The molecule has 2 aromatic carbocycles. The van der Waals surface area contributed by atoms with E-state index in [0.717, 1.165) is 11.3 Å². The normalized spacial score (nSPS) is 11.8. The van der Waals surface area contributed by atoms with Crippen molar-refractivity contribution >= 4 is 35.2 Å². The number of carbonyl (C=O) groups excluding carboxylic acids is 2. The maximum absolute atomic E-state index is 13.0. The average molecular weight is 433 g/mol. The van der Waals surface area contributed by atoms with Gasteiger partial charge in [0.25, 0.3) is 0 Å². The highest BCUT2D eigenvalue weighted by atomic mass is 35.5. The van der Waals surface area contributed by atoms with Crippen molar-refractivity contribution in [3.63, 3.8) is 0 Å². The summed E-state index contributed by atoms with van der Waals surface area (Å²) in [6.45, 7) is 8.67. The Morgan fingerprint density at radius 1 is 1.10 bits per heavy atom. The van der Waals surface area contributed by atoms with Gasteiger partial charge in [-0.25, -0.2) is 0 Å². The molecule has 0 unspecified atom stereocenters. The molecule has 0 aliphatic carbocycles. The fourth-order valence-electron chi connectivity index (χ4n) is 3.23. The van der Waals surface area contributed by atoms with E-state index in [-0.39, 0.29) is 11.8 Å². The van der Waals surface area contributed by atoms with Crippen molar-refractivity contribution in [2.45, 2.75) is 46.0 Å². The topological polar surface area (TPSA) is 49.4 Å². The molecule has 2 aromatic rings. The number of halogens is 1. The Labute approximate surface area is 183 Å². The van der Waals surface area contributed by atoms with Gasteiger partial charge in [-0.1, -0.05) is 53.1 Å². The lowest BCUT2D eigenvalue weighted by Crippen LogP contribution is -2.48. The lowest BCUT2D eigenvalue weighted by molar-refractivity contribution is -0.138. The van der Waals surface area contributed by atoms with Crippen molar-refractivity contribution in [1.82, 2.24) is 10.2 Å².